The summed E-state index contributed by atoms with van der Waals surface area (Å²) >= 11 is 0. The van der Waals surface area contributed by atoms with Crippen LogP contribution in [-0.2, 0) is 29.1 Å². The molecule has 1 aliphatic heterocycles. The van der Waals surface area contributed by atoms with Gasteiger partial charge in [-0.2, -0.15) is 5.10 Å². The van der Waals surface area contributed by atoms with Crippen molar-refractivity contribution in [3.63, 3.8) is 0 Å². The van der Waals surface area contributed by atoms with Gasteiger partial charge in [-0.1, -0.05) is 30.3 Å². The van der Waals surface area contributed by atoms with Crippen molar-refractivity contribution < 1.29 is 9.59 Å². The first-order valence-corrected chi connectivity index (χ1v) is 9.76. The number of piperidine rings is 1. The molecule has 1 atom stereocenters. The zero-order valence-electron chi connectivity index (χ0n) is 15.9. The molecule has 0 radical (unpaired) electrons. The fourth-order valence-corrected chi connectivity index (χ4v) is 3.47. The fourth-order valence-electron chi connectivity index (χ4n) is 3.47. The average molecular weight is 368 g/mol. The van der Waals surface area contributed by atoms with Gasteiger partial charge in [0, 0.05) is 44.4 Å². The average Bonchev–Trinajstić information content (AvgIpc) is 3.16. The van der Waals surface area contributed by atoms with Crippen molar-refractivity contribution in [1.29, 1.82) is 0 Å². The summed E-state index contributed by atoms with van der Waals surface area (Å²) in [5.74, 6) is 0.0665. The van der Waals surface area contributed by atoms with Crippen LogP contribution in [0.5, 0.6) is 0 Å². The molecule has 0 saturated carbocycles. The molecule has 1 unspecified atom stereocenters. The zero-order valence-corrected chi connectivity index (χ0v) is 15.9. The monoisotopic (exact) mass is 368 g/mol. The van der Waals surface area contributed by atoms with E-state index in [1.807, 2.05) is 40.9 Å². The number of nitrogens with zero attached hydrogens (tertiary/aromatic N) is 3. The summed E-state index contributed by atoms with van der Waals surface area (Å²) in [6.45, 7) is 4.56. The fraction of sp³-hybridized carbons (Fsp3) is 0.476. The van der Waals surface area contributed by atoms with E-state index in [-0.39, 0.29) is 17.7 Å². The van der Waals surface area contributed by atoms with Crippen LogP contribution in [0, 0.1) is 5.92 Å². The van der Waals surface area contributed by atoms with Crippen LogP contribution in [0.1, 0.15) is 37.3 Å². The van der Waals surface area contributed by atoms with Crippen molar-refractivity contribution in [2.45, 2.75) is 45.7 Å². The second kappa shape index (κ2) is 9.35. The van der Waals surface area contributed by atoms with Gasteiger partial charge in [0.25, 0.3) is 0 Å². The van der Waals surface area contributed by atoms with Gasteiger partial charge in [-0.15, -0.1) is 0 Å². The van der Waals surface area contributed by atoms with Gasteiger partial charge in [-0.25, -0.2) is 0 Å². The van der Waals surface area contributed by atoms with Gasteiger partial charge in [0.1, 0.15) is 0 Å². The minimum absolute atomic E-state index is 0.0276. The third kappa shape index (κ3) is 5.42. The molecule has 1 saturated heterocycles. The lowest BCUT2D eigenvalue weighted by Crippen LogP contribution is -2.46. The van der Waals surface area contributed by atoms with Crippen LogP contribution in [0.2, 0.25) is 0 Å². The zero-order chi connectivity index (χ0) is 19.1. The van der Waals surface area contributed by atoms with Crippen LogP contribution >= 0.6 is 0 Å². The maximum absolute atomic E-state index is 12.5. The maximum atomic E-state index is 12.5. The van der Waals surface area contributed by atoms with Crippen molar-refractivity contribution in [3.05, 3.63) is 53.9 Å². The first-order chi connectivity index (χ1) is 13.2. The van der Waals surface area contributed by atoms with Crippen LogP contribution < -0.4 is 5.32 Å². The molecule has 2 aromatic rings. The van der Waals surface area contributed by atoms with Gasteiger partial charge >= 0.3 is 0 Å². The van der Waals surface area contributed by atoms with E-state index in [1.165, 1.54) is 5.56 Å². The topological polar surface area (TPSA) is 67.2 Å². The molecule has 6 nitrogen and oxygen atoms in total. The molecular weight excluding hydrogens is 340 g/mol. The molecule has 1 aromatic heterocycles. The quantitative estimate of drug-likeness (QED) is 0.778. The number of aromatic nitrogens is 2. The Kier molecular flexibility index (Phi) is 6.63. The van der Waals surface area contributed by atoms with Gasteiger partial charge in [-0.3, -0.25) is 14.3 Å². The number of nitrogens with one attached hydrogen (secondary N) is 1. The van der Waals surface area contributed by atoms with Crippen LogP contribution in [0.3, 0.4) is 0 Å². The number of hydrogen-bond donors (Lipinski definition) is 1. The number of aryl methyl sites for hydroxylation is 2. The Hall–Kier alpha value is -2.63. The lowest BCUT2D eigenvalue weighted by atomic mass is 9.96. The van der Waals surface area contributed by atoms with Gasteiger partial charge in [0.2, 0.25) is 11.8 Å². The van der Waals surface area contributed by atoms with E-state index < -0.39 is 0 Å². The summed E-state index contributed by atoms with van der Waals surface area (Å²) in [6, 6.07) is 10.3. The number of amides is 2. The first kappa shape index (κ1) is 19.1. The number of carbonyl (C=O) groups excluding carboxylic acids is 2. The molecule has 2 heterocycles. The van der Waals surface area contributed by atoms with Gasteiger partial charge < -0.3 is 10.2 Å². The number of hydrogen-bond acceptors (Lipinski definition) is 3. The van der Waals surface area contributed by atoms with Crippen LogP contribution in [0.4, 0.5) is 0 Å². The summed E-state index contributed by atoms with van der Waals surface area (Å²) in [7, 11) is 0. The van der Waals surface area contributed by atoms with E-state index in [1.54, 1.807) is 6.20 Å². The summed E-state index contributed by atoms with van der Waals surface area (Å²) < 4.78 is 1.84. The van der Waals surface area contributed by atoms with Gasteiger partial charge in [0.05, 0.1) is 12.1 Å². The molecular formula is C21H28N4O2. The third-order valence-electron chi connectivity index (χ3n) is 5.08. The summed E-state index contributed by atoms with van der Waals surface area (Å²) in [5.41, 5.74) is 2.28. The Labute approximate surface area is 160 Å². The van der Waals surface area contributed by atoms with Gasteiger partial charge in [0.15, 0.2) is 0 Å². The minimum Gasteiger partial charge on any atom is -0.352 e. The number of carbonyl (C=O) groups is 2. The van der Waals surface area contributed by atoms with Crippen molar-refractivity contribution in [3.8, 4) is 0 Å². The Balaban J connectivity index is 1.45. The van der Waals surface area contributed by atoms with Crippen molar-refractivity contribution in [2.24, 2.45) is 5.92 Å². The number of likely N-dealkylation sites (tertiary alicyclic amines) is 1. The highest BCUT2D eigenvalue weighted by Gasteiger charge is 2.29. The smallest absolute Gasteiger partial charge is 0.225 e. The molecule has 27 heavy (non-hydrogen) atoms. The number of rotatable bonds is 8. The van der Waals surface area contributed by atoms with Crippen LogP contribution in [0.15, 0.2) is 42.7 Å². The standard InChI is InChI=1S/C21H28N4O2/c1-2-25-15-18(14-23-25)13-22-21(27)19-10-11-20(26)24(16-19)12-6-9-17-7-4-3-5-8-17/h3-5,7-8,14-15,19H,2,6,9-13,16H2,1H3,(H,22,27). The maximum Gasteiger partial charge on any atom is 0.225 e. The molecule has 0 aliphatic carbocycles. The lowest BCUT2D eigenvalue weighted by Gasteiger charge is -2.32. The molecule has 144 valence electrons. The van der Waals surface area contributed by atoms with E-state index in [9.17, 15) is 9.59 Å². The minimum atomic E-state index is -0.124. The SMILES string of the molecule is CCn1cc(CNC(=O)C2CCC(=O)N(CCCc3ccccc3)C2)cn1. The molecule has 1 fully saturated rings. The Morgan fingerprint density at radius 3 is 2.81 bits per heavy atom. The van der Waals surface area contributed by atoms with E-state index in [0.717, 1.165) is 24.9 Å². The Morgan fingerprint density at radius 1 is 1.26 bits per heavy atom. The van der Waals surface area contributed by atoms with Crippen molar-refractivity contribution in [1.82, 2.24) is 20.0 Å². The predicted octanol–water partition coefficient (Wildman–Crippen LogP) is 2.39. The lowest BCUT2D eigenvalue weighted by molar-refractivity contribution is -0.138. The molecule has 3 rings (SSSR count). The third-order valence-corrected chi connectivity index (χ3v) is 5.08. The Morgan fingerprint density at radius 2 is 2.07 bits per heavy atom. The summed E-state index contributed by atoms with van der Waals surface area (Å²) in [6.07, 6.45) is 6.68. The van der Waals surface area contributed by atoms with E-state index in [4.69, 9.17) is 0 Å². The molecule has 2 amide bonds. The largest absolute Gasteiger partial charge is 0.352 e. The summed E-state index contributed by atoms with van der Waals surface area (Å²) in [5, 5.41) is 7.21. The normalized spacial score (nSPS) is 17.1. The highest BCUT2D eigenvalue weighted by Crippen LogP contribution is 2.19. The molecule has 1 aliphatic rings. The molecule has 1 N–H and O–H groups in total. The highest BCUT2D eigenvalue weighted by atomic mass is 16.2. The second-order valence-electron chi connectivity index (χ2n) is 7.09. The molecule has 6 heteroatoms. The van der Waals surface area contributed by atoms with Crippen molar-refractivity contribution in [2.75, 3.05) is 13.1 Å². The highest BCUT2D eigenvalue weighted by molar-refractivity contribution is 5.83. The summed E-state index contributed by atoms with van der Waals surface area (Å²) in [4.78, 5) is 26.6. The van der Waals surface area contributed by atoms with Gasteiger partial charge in [-0.05, 0) is 31.7 Å². The molecule has 0 bridgehead atoms. The van der Waals surface area contributed by atoms with Crippen LogP contribution in [0.25, 0.3) is 0 Å². The molecule has 0 spiro atoms. The van der Waals surface area contributed by atoms with E-state index >= 15 is 0 Å². The first-order valence-electron chi connectivity index (χ1n) is 9.76. The van der Waals surface area contributed by atoms with E-state index in [2.05, 4.69) is 22.5 Å². The van der Waals surface area contributed by atoms with Crippen LogP contribution in [-0.4, -0.2) is 39.6 Å². The van der Waals surface area contributed by atoms with Crippen molar-refractivity contribution >= 4 is 11.8 Å². The van der Waals surface area contributed by atoms with E-state index in [0.29, 0.717) is 32.5 Å². The number of benzene rings is 1. The molecule has 1 aromatic carbocycles. The predicted molar refractivity (Wildman–Crippen MR) is 104 cm³/mol. The second-order valence-corrected chi connectivity index (χ2v) is 7.09. The Bertz CT molecular complexity index is 757.